The van der Waals surface area contributed by atoms with Gasteiger partial charge in [-0.2, -0.15) is 5.26 Å². The minimum Gasteiger partial charge on any atom is -0.379 e. The average Bonchev–Trinajstić information content (AvgIpc) is 2.74. The van der Waals surface area contributed by atoms with Gasteiger partial charge in [-0.3, -0.25) is 4.90 Å². The van der Waals surface area contributed by atoms with E-state index in [-0.39, 0.29) is 6.03 Å². The first-order valence-corrected chi connectivity index (χ1v) is 9.50. The van der Waals surface area contributed by atoms with E-state index in [4.69, 9.17) is 10.00 Å². The van der Waals surface area contributed by atoms with Gasteiger partial charge in [-0.1, -0.05) is 36.4 Å². The molecular weight excluding hydrogens is 352 g/mol. The molecular formula is C22H26N4O2. The normalized spacial score (nSPS) is 14.3. The van der Waals surface area contributed by atoms with Gasteiger partial charge in [0.25, 0.3) is 0 Å². The van der Waals surface area contributed by atoms with Crippen molar-refractivity contribution < 1.29 is 9.53 Å². The summed E-state index contributed by atoms with van der Waals surface area (Å²) in [6.45, 7) is 5.43. The van der Waals surface area contributed by atoms with Gasteiger partial charge in [0.05, 0.1) is 24.8 Å². The van der Waals surface area contributed by atoms with Gasteiger partial charge >= 0.3 is 6.03 Å². The summed E-state index contributed by atoms with van der Waals surface area (Å²) in [7, 11) is 1.75. The fourth-order valence-corrected chi connectivity index (χ4v) is 3.18. The Hall–Kier alpha value is -2.88. The van der Waals surface area contributed by atoms with Crippen LogP contribution in [0, 0.1) is 11.3 Å². The molecule has 1 fully saturated rings. The van der Waals surface area contributed by atoms with E-state index in [9.17, 15) is 4.79 Å². The molecule has 28 heavy (non-hydrogen) atoms. The molecule has 0 spiro atoms. The topological polar surface area (TPSA) is 68.6 Å². The zero-order chi connectivity index (χ0) is 19.8. The summed E-state index contributed by atoms with van der Waals surface area (Å²) in [5.74, 6) is 0. The second-order valence-corrected chi connectivity index (χ2v) is 7.03. The van der Waals surface area contributed by atoms with Crippen molar-refractivity contribution in [2.45, 2.75) is 19.6 Å². The average molecular weight is 378 g/mol. The van der Waals surface area contributed by atoms with Crippen LogP contribution in [0.3, 0.4) is 0 Å². The van der Waals surface area contributed by atoms with Crippen molar-refractivity contribution in [2.24, 2.45) is 0 Å². The van der Waals surface area contributed by atoms with Gasteiger partial charge in [0.2, 0.25) is 0 Å². The number of nitrogens with zero attached hydrogens (tertiary/aromatic N) is 3. The first kappa shape index (κ1) is 19.9. The molecule has 3 rings (SSSR count). The lowest BCUT2D eigenvalue weighted by atomic mass is 10.1. The predicted octanol–water partition coefficient (Wildman–Crippen LogP) is 2.73. The Bertz CT molecular complexity index is 823. The summed E-state index contributed by atoms with van der Waals surface area (Å²) in [5, 5.41) is 11.9. The highest BCUT2D eigenvalue weighted by molar-refractivity contribution is 5.73. The molecule has 1 saturated heterocycles. The minimum absolute atomic E-state index is 0.139. The van der Waals surface area contributed by atoms with E-state index >= 15 is 0 Å². The van der Waals surface area contributed by atoms with Crippen LogP contribution in [0.1, 0.15) is 22.3 Å². The summed E-state index contributed by atoms with van der Waals surface area (Å²) in [5.41, 5.74) is 3.87. The lowest BCUT2D eigenvalue weighted by Gasteiger charge is -2.26. The molecule has 1 N–H and O–H groups in total. The highest BCUT2D eigenvalue weighted by Gasteiger charge is 2.11. The van der Waals surface area contributed by atoms with Crippen LogP contribution in [-0.4, -0.2) is 49.2 Å². The molecule has 0 radical (unpaired) electrons. The van der Waals surface area contributed by atoms with E-state index in [1.54, 1.807) is 24.1 Å². The van der Waals surface area contributed by atoms with Crippen LogP contribution in [0.2, 0.25) is 0 Å². The van der Waals surface area contributed by atoms with Crippen molar-refractivity contribution in [1.29, 1.82) is 5.26 Å². The molecule has 1 aliphatic heterocycles. The summed E-state index contributed by atoms with van der Waals surface area (Å²) >= 11 is 0. The number of carbonyl (C=O) groups excluding carboxylic acids is 1. The highest BCUT2D eigenvalue weighted by atomic mass is 16.5. The molecule has 0 aromatic heterocycles. The Morgan fingerprint density at radius 1 is 1.14 bits per heavy atom. The molecule has 146 valence electrons. The number of rotatable bonds is 6. The Morgan fingerprint density at radius 2 is 1.86 bits per heavy atom. The maximum absolute atomic E-state index is 12.3. The van der Waals surface area contributed by atoms with Crippen LogP contribution in [0.15, 0.2) is 48.5 Å². The van der Waals surface area contributed by atoms with Crippen molar-refractivity contribution in [3.63, 3.8) is 0 Å². The minimum atomic E-state index is -0.139. The third-order valence-corrected chi connectivity index (χ3v) is 4.80. The van der Waals surface area contributed by atoms with Crippen molar-refractivity contribution >= 4 is 6.03 Å². The van der Waals surface area contributed by atoms with Crippen LogP contribution >= 0.6 is 0 Å². The number of benzene rings is 2. The Labute approximate surface area is 166 Å². The van der Waals surface area contributed by atoms with E-state index in [0.29, 0.717) is 18.7 Å². The molecule has 2 aromatic rings. The van der Waals surface area contributed by atoms with Crippen LogP contribution < -0.4 is 5.32 Å². The van der Waals surface area contributed by atoms with E-state index in [1.807, 2.05) is 12.1 Å². The maximum Gasteiger partial charge on any atom is 0.317 e. The number of hydrogen-bond donors (Lipinski definition) is 1. The number of nitrogens with one attached hydrogen (secondary N) is 1. The summed E-state index contributed by atoms with van der Waals surface area (Å²) < 4.78 is 5.38. The molecule has 6 heteroatoms. The molecule has 1 aliphatic rings. The van der Waals surface area contributed by atoms with Crippen molar-refractivity contribution in [3.8, 4) is 6.07 Å². The van der Waals surface area contributed by atoms with Crippen molar-refractivity contribution in [1.82, 2.24) is 15.1 Å². The van der Waals surface area contributed by atoms with Gasteiger partial charge < -0.3 is 15.0 Å². The first-order valence-electron chi connectivity index (χ1n) is 9.50. The quantitative estimate of drug-likeness (QED) is 0.839. The van der Waals surface area contributed by atoms with E-state index in [1.165, 1.54) is 5.56 Å². The molecule has 2 amide bonds. The van der Waals surface area contributed by atoms with E-state index < -0.39 is 0 Å². The van der Waals surface area contributed by atoms with Crippen LogP contribution in [-0.2, 0) is 24.4 Å². The highest BCUT2D eigenvalue weighted by Crippen LogP contribution is 2.10. The van der Waals surface area contributed by atoms with Gasteiger partial charge in [0.1, 0.15) is 0 Å². The monoisotopic (exact) mass is 378 g/mol. The van der Waals surface area contributed by atoms with E-state index in [0.717, 1.165) is 44.0 Å². The van der Waals surface area contributed by atoms with Crippen LogP contribution in [0.5, 0.6) is 0 Å². The molecule has 0 atom stereocenters. The molecule has 0 aliphatic carbocycles. The summed E-state index contributed by atoms with van der Waals surface area (Å²) in [6.07, 6.45) is 0. The third kappa shape index (κ3) is 5.81. The van der Waals surface area contributed by atoms with Crippen molar-refractivity contribution in [2.75, 3.05) is 33.4 Å². The number of amides is 2. The van der Waals surface area contributed by atoms with Crippen LogP contribution in [0.25, 0.3) is 0 Å². The van der Waals surface area contributed by atoms with Gasteiger partial charge in [0, 0.05) is 39.8 Å². The predicted molar refractivity (Wildman–Crippen MR) is 107 cm³/mol. The SMILES string of the molecule is CN(Cc1cccc(C#N)c1)C(=O)NCc1ccc(CN2CCOCC2)cc1. The largest absolute Gasteiger partial charge is 0.379 e. The number of ether oxygens (including phenoxy) is 1. The fourth-order valence-electron chi connectivity index (χ4n) is 3.18. The van der Waals surface area contributed by atoms with Gasteiger partial charge in [-0.05, 0) is 28.8 Å². The number of nitriles is 1. The third-order valence-electron chi connectivity index (χ3n) is 4.80. The second-order valence-electron chi connectivity index (χ2n) is 7.03. The number of morpholine rings is 1. The molecule has 2 aromatic carbocycles. The summed E-state index contributed by atoms with van der Waals surface area (Å²) in [4.78, 5) is 16.3. The maximum atomic E-state index is 12.3. The van der Waals surface area contributed by atoms with Crippen molar-refractivity contribution in [3.05, 3.63) is 70.8 Å². The zero-order valence-corrected chi connectivity index (χ0v) is 16.2. The fraction of sp³-hybridized carbons (Fsp3) is 0.364. The van der Waals surface area contributed by atoms with Crippen LogP contribution in [0.4, 0.5) is 4.79 Å². The smallest absolute Gasteiger partial charge is 0.317 e. The Kier molecular flexibility index (Phi) is 7.01. The molecule has 0 saturated carbocycles. The lowest BCUT2D eigenvalue weighted by molar-refractivity contribution is 0.0342. The number of hydrogen-bond acceptors (Lipinski definition) is 4. The Balaban J connectivity index is 1.46. The zero-order valence-electron chi connectivity index (χ0n) is 16.2. The second kappa shape index (κ2) is 9.88. The summed E-state index contributed by atoms with van der Waals surface area (Å²) in [6, 6.07) is 17.6. The number of carbonyl (C=O) groups is 1. The van der Waals surface area contributed by atoms with Gasteiger partial charge in [-0.25, -0.2) is 4.79 Å². The lowest BCUT2D eigenvalue weighted by Crippen LogP contribution is -2.36. The first-order chi connectivity index (χ1) is 13.6. The van der Waals surface area contributed by atoms with E-state index in [2.05, 4.69) is 40.6 Å². The molecule has 0 bridgehead atoms. The molecule has 1 heterocycles. The number of urea groups is 1. The Morgan fingerprint density at radius 3 is 2.57 bits per heavy atom. The molecule has 6 nitrogen and oxygen atoms in total. The van der Waals surface area contributed by atoms with Gasteiger partial charge in [-0.15, -0.1) is 0 Å². The molecule has 0 unspecified atom stereocenters. The standard InChI is InChI=1S/C22H26N4O2/c1-25(16-21-4-2-3-20(13-21)14-23)22(27)24-15-18-5-7-19(8-6-18)17-26-9-11-28-12-10-26/h2-8,13H,9-12,15-17H2,1H3,(H,24,27). The van der Waals surface area contributed by atoms with Gasteiger partial charge in [0.15, 0.2) is 0 Å².